The maximum atomic E-state index is 11.6. The van der Waals surface area contributed by atoms with Crippen molar-refractivity contribution in [2.75, 3.05) is 19.7 Å². The smallest absolute Gasteiger partial charge is 0.314 e. The summed E-state index contributed by atoms with van der Waals surface area (Å²) in [7, 11) is 0. The van der Waals surface area contributed by atoms with Gasteiger partial charge in [0.25, 0.3) is 0 Å². The maximum absolute atomic E-state index is 11.6. The van der Waals surface area contributed by atoms with Gasteiger partial charge < -0.3 is 15.4 Å². The zero-order valence-corrected chi connectivity index (χ0v) is 17.1. The number of amides is 2. The molecule has 5 heteroatoms. The number of carbonyl (C=O) groups is 1. The molecule has 0 aliphatic heterocycles. The number of carbonyl (C=O) groups excluding carboxylic acids is 1. The molecule has 0 atom stereocenters. The van der Waals surface area contributed by atoms with Gasteiger partial charge in [0.05, 0.1) is 11.1 Å². The monoisotopic (exact) mass is 398 g/mol. The zero-order chi connectivity index (χ0) is 18.2. The van der Waals surface area contributed by atoms with Gasteiger partial charge in [-0.05, 0) is 57.8 Å². The SMILES string of the molecule is CC(C)CCNC(=O)NCCCOc1ccc(C(C)(C)C)cc1Br. The molecule has 0 radical (unpaired) electrons. The van der Waals surface area contributed by atoms with E-state index in [0.29, 0.717) is 25.6 Å². The fourth-order valence-electron chi connectivity index (χ4n) is 2.08. The van der Waals surface area contributed by atoms with Crippen molar-refractivity contribution in [2.45, 2.75) is 52.9 Å². The second kappa shape index (κ2) is 9.92. The molecule has 0 saturated heterocycles. The Hall–Kier alpha value is -1.23. The summed E-state index contributed by atoms with van der Waals surface area (Å²) in [6.45, 7) is 12.7. The molecule has 0 bridgehead atoms. The number of nitrogens with one attached hydrogen (secondary N) is 2. The Balaban J connectivity index is 2.25. The van der Waals surface area contributed by atoms with Crippen molar-refractivity contribution in [3.63, 3.8) is 0 Å². The van der Waals surface area contributed by atoms with Crippen LogP contribution in [0, 0.1) is 5.92 Å². The van der Waals surface area contributed by atoms with E-state index in [1.807, 2.05) is 6.07 Å². The summed E-state index contributed by atoms with van der Waals surface area (Å²) in [6, 6.07) is 6.10. The third-order valence-corrected chi connectivity index (χ3v) is 4.29. The highest BCUT2D eigenvalue weighted by Gasteiger charge is 2.15. The molecule has 2 amide bonds. The van der Waals surface area contributed by atoms with E-state index in [1.54, 1.807) is 0 Å². The number of benzene rings is 1. The van der Waals surface area contributed by atoms with Gasteiger partial charge in [0.1, 0.15) is 5.75 Å². The lowest BCUT2D eigenvalue weighted by Gasteiger charge is -2.20. The Labute approximate surface area is 154 Å². The third kappa shape index (κ3) is 8.04. The lowest BCUT2D eigenvalue weighted by molar-refractivity contribution is 0.238. The Bertz CT molecular complexity index is 525. The third-order valence-electron chi connectivity index (χ3n) is 3.67. The van der Waals surface area contributed by atoms with E-state index in [9.17, 15) is 4.79 Å². The highest BCUT2D eigenvalue weighted by molar-refractivity contribution is 9.10. The first-order chi connectivity index (χ1) is 11.2. The van der Waals surface area contributed by atoms with Crippen LogP contribution in [0.5, 0.6) is 5.75 Å². The number of hydrogen-bond acceptors (Lipinski definition) is 2. The standard InChI is InChI=1S/C19H31BrN2O2/c1-14(2)9-11-22-18(23)21-10-6-12-24-17-8-7-15(13-16(17)20)19(3,4)5/h7-8,13-14H,6,9-12H2,1-5H3,(H2,21,22,23). The van der Waals surface area contributed by atoms with E-state index in [-0.39, 0.29) is 11.4 Å². The lowest BCUT2D eigenvalue weighted by atomic mass is 9.87. The molecule has 1 rings (SSSR count). The molecular formula is C19H31BrN2O2. The van der Waals surface area contributed by atoms with Crippen LogP contribution in [-0.2, 0) is 5.41 Å². The Morgan fingerprint density at radius 2 is 1.88 bits per heavy atom. The molecule has 1 aromatic carbocycles. The molecule has 136 valence electrons. The normalized spacial score (nSPS) is 11.5. The molecule has 0 unspecified atom stereocenters. The lowest BCUT2D eigenvalue weighted by Crippen LogP contribution is -2.37. The van der Waals surface area contributed by atoms with Crippen LogP contribution >= 0.6 is 15.9 Å². The molecular weight excluding hydrogens is 368 g/mol. The van der Waals surface area contributed by atoms with Gasteiger partial charge in [-0.3, -0.25) is 0 Å². The van der Waals surface area contributed by atoms with E-state index < -0.39 is 0 Å². The summed E-state index contributed by atoms with van der Waals surface area (Å²) >= 11 is 3.57. The fourth-order valence-corrected chi connectivity index (χ4v) is 2.57. The van der Waals surface area contributed by atoms with Gasteiger partial charge in [0.2, 0.25) is 0 Å². The van der Waals surface area contributed by atoms with Gasteiger partial charge >= 0.3 is 6.03 Å². The Kier molecular flexibility index (Phi) is 8.60. The molecule has 0 spiro atoms. The van der Waals surface area contributed by atoms with Crippen molar-refractivity contribution in [2.24, 2.45) is 5.92 Å². The van der Waals surface area contributed by atoms with Crippen LogP contribution in [0.1, 0.15) is 53.0 Å². The first kappa shape index (κ1) is 20.8. The Morgan fingerprint density at radius 3 is 2.46 bits per heavy atom. The van der Waals surface area contributed by atoms with Crippen molar-refractivity contribution < 1.29 is 9.53 Å². The van der Waals surface area contributed by atoms with Crippen molar-refractivity contribution in [3.05, 3.63) is 28.2 Å². The summed E-state index contributed by atoms with van der Waals surface area (Å²) < 4.78 is 6.75. The van der Waals surface area contributed by atoms with Crippen molar-refractivity contribution in [1.82, 2.24) is 10.6 Å². The zero-order valence-electron chi connectivity index (χ0n) is 15.5. The van der Waals surface area contributed by atoms with Crippen LogP contribution in [-0.4, -0.2) is 25.7 Å². The van der Waals surface area contributed by atoms with Crippen molar-refractivity contribution in [1.29, 1.82) is 0 Å². The molecule has 24 heavy (non-hydrogen) atoms. The van der Waals surface area contributed by atoms with Gasteiger partial charge in [0.15, 0.2) is 0 Å². The molecule has 0 fully saturated rings. The average Bonchev–Trinajstić information content (AvgIpc) is 2.46. The molecule has 1 aromatic rings. The Morgan fingerprint density at radius 1 is 1.21 bits per heavy atom. The summed E-state index contributed by atoms with van der Waals surface area (Å²) in [4.78, 5) is 11.6. The van der Waals surface area contributed by atoms with Crippen molar-refractivity contribution >= 4 is 22.0 Å². The molecule has 0 aliphatic rings. The minimum Gasteiger partial charge on any atom is -0.492 e. The molecule has 0 heterocycles. The summed E-state index contributed by atoms with van der Waals surface area (Å²) in [6.07, 6.45) is 1.76. The largest absolute Gasteiger partial charge is 0.492 e. The van der Waals surface area contributed by atoms with E-state index in [2.05, 4.69) is 73.3 Å². The molecule has 0 aromatic heterocycles. The number of rotatable bonds is 8. The highest BCUT2D eigenvalue weighted by atomic mass is 79.9. The van der Waals surface area contributed by atoms with Crippen LogP contribution in [0.15, 0.2) is 22.7 Å². The number of hydrogen-bond donors (Lipinski definition) is 2. The fraction of sp³-hybridized carbons (Fsp3) is 0.632. The molecule has 0 aliphatic carbocycles. The van der Waals surface area contributed by atoms with Gasteiger partial charge in [0, 0.05) is 13.1 Å². The van der Waals surface area contributed by atoms with Crippen molar-refractivity contribution in [3.8, 4) is 5.75 Å². The summed E-state index contributed by atoms with van der Waals surface area (Å²) in [5, 5.41) is 5.70. The van der Waals surface area contributed by atoms with E-state index in [0.717, 1.165) is 23.1 Å². The second-order valence-electron chi connectivity index (χ2n) is 7.46. The minimum absolute atomic E-state index is 0.105. The van der Waals surface area contributed by atoms with Gasteiger partial charge in [-0.25, -0.2) is 4.79 Å². The van der Waals surface area contributed by atoms with Gasteiger partial charge in [-0.1, -0.05) is 40.7 Å². The highest BCUT2D eigenvalue weighted by Crippen LogP contribution is 2.31. The number of halogens is 1. The topological polar surface area (TPSA) is 50.4 Å². The summed E-state index contributed by atoms with van der Waals surface area (Å²) in [5.41, 5.74) is 1.38. The maximum Gasteiger partial charge on any atom is 0.314 e. The molecule has 2 N–H and O–H groups in total. The number of urea groups is 1. The first-order valence-corrected chi connectivity index (χ1v) is 9.44. The molecule has 0 saturated carbocycles. The predicted octanol–water partition coefficient (Wildman–Crippen LogP) is 4.86. The molecule has 4 nitrogen and oxygen atoms in total. The first-order valence-electron chi connectivity index (χ1n) is 8.64. The van der Waals surface area contributed by atoms with Crippen LogP contribution in [0.25, 0.3) is 0 Å². The number of ether oxygens (including phenoxy) is 1. The van der Waals surface area contributed by atoms with E-state index >= 15 is 0 Å². The average molecular weight is 399 g/mol. The van der Waals surface area contributed by atoms with E-state index in [1.165, 1.54) is 5.56 Å². The van der Waals surface area contributed by atoms with Crippen LogP contribution in [0.2, 0.25) is 0 Å². The quantitative estimate of drug-likeness (QED) is 0.614. The van der Waals surface area contributed by atoms with E-state index in [4.69, 9.17) is 4.74 Å². The van der Waals surface area contributed by atoms with Gasteiger partial charge in [-0.15, -0.1) is 0 Å². The van der Waals surface area contributed by atoms with Crippen LogP contribution in [0.3, 0.4) is 0 Å². The van der Waals surface area contributed by atoms with Gasteiger partial charge in [-0.2, -0.15) is 0 Å². The second-order valence-corrected chi connectivity index (χ2v) is 8.32. The van der Waals surface area contributed by atoms with Crippen LogP contribution in [0.4, 0.5) is 4.79 Å². The van der Waals surface area contributed by atoms with Crippen LogP contribution < -0.4 is 15.4 Å². The minimum atomic E-state index is -0.105. The summed E-state index contributed by atoms with van der Waals surface area (Å²) in [5.74, 6) is 1.44. The predicted molar refractivity (Wildman–Crippen MR) is 104 cm³/mol.